The van der Waals surface area contributed by atoms with Gasteiger partial charge in [-0.3, -0.25) is 0 Å². The largest absolute Gasteiger partial charge is 0.416 e. The van der Waals surface area contributed by atoms with Crippen LogP contribution in [0.25, 0.3) is 43.6 Å². The first-order chi connectivity index (χ1) is 16.0. The maximum atomic E-state index is 13.2. The highest BCUT2D eigenvalue weighted by atomic mass is 19.4. The monoisotopic (exact) mass is 468 g/mol. The molecule has 0 saturated heterocycles. The molecule has 5 rings (SSSR count). The molecule has 0 saturated carbocycles. The van der Waals surface area contributed by atoms with Gasteiger partial charge in [-0.15, -0.1) is 0 Å². The van der Waals surface area contributed by atoms with Crippen molar-refractivity contribution in [3.05, 3.63) is 58.2 Å². The molecule has 0 spiro atoms. The van der Waals surface area contributed by atoms with Crippen molar-refractivity contribution in [2.45, 2.75) is 12.4 Å². The molecule has 0 aliphatic rings. The zero-order chi connectivity index (χ0) is 24.4. The number of rotatable bonds is 0. The third kappa shape index (κ3) is 3.03. The summed E-state index contributed by atoms with van der Waals surface area (Å²) in [7, 11) is 0. The van der Waals surface area contributed by atoms with Gasteiger partial charge in [-0.25, -0.2) is 9.97 Å². The Hall–Kier alpha value is -4.58. The molecular weight excluding hydrogens is 462 g/mol. The first kappa shape index (κ1) is 21.3. The minimum atomic E-state index is -4.65. The predicted octanol–water partition coefficient (Wildman–Crippen LogP) is 4.77. The smallest absolute Gasteiger partial charge is 0.241 e. The Morgan fingerprint density at radius 3 is 1.29 bits per heavy atom. The molecule has 0 radical (unpaired) electrons. The summed E-state index contributed by atoms with van der Waals surface area (Å²) in [5.74, 6) is 0. The Morgan fingerprint density at radius 1 is 0.588 bits per heavy atom. The molecule has 166 valence electrons. The molecule has 5 aromatic rings. The summed E-state index contributed by atoms with van der Waals surface area (Å²) >= 11 is 0. The van der Waals surface area contributed by atoms with Crippen LogP contribution in [0.5, 0.6) is 0 Å². The van der Waals surface area contributed by atoms with E-state index in [0.29, 0.717) is 0 Å². The minimum absolute atomic E-state index is 0.00122. The van der Waals surface area contributed by atoms with Crippen LogP contribution in [0.3, 0.4) is 0 Å². The SMILES string of the molecule is N#CN=c1c2cc(C(F)(F)F)ccc2c2nc3c(=NC#N)c4cc(C(F)(F)F)ccc4c3nc12. The number of aromatic nitrogens is 2. The van der Waals surface area contributed by atoms with Gasteiger partial charge in [0.2, 0.25) is 12.4 Å². The second kappa shape index (κ2) is 6.96. The first-order valence-corrected chi connectivity index (χ1v) is 9.35. The molecule has 0 N–H and O–H groups in total. The third-order valence-electron chi connectivity index (χ3n) is 5.38. The number of hydrogen-bond donors (Lipinski definition) is 0. The van der Waals surface area contributed by atoms with E-state index in [1.807, 2.05) is 0 Å². The number of alkyl halides is 6. The van der Waals surface area contributed by atoms with E-state index in [1.54, 1.807) is 0 Å². The quantitative estimate of drug-likeness (QED) is 0.242. The van der Waals surface area contributed by atoms with Crippen molar-refractivity contribution in [3.63, 3.8) is 0 Å². The van der Waals surface area contributed by atoms with Gasteiger partial charge in [-0.1, -0.05) is 12.1 Å². The van der Waals surface area contributed by atoms with Gasteiger partial charge in [0.05, 0.1) is 22.2 Å². The van der Waals surface area contributed by atoms with Crippen LogP contribution in [-0.4, -0.2) is 9.97 Å². The van der Waals surface area contributed by atoms with Crippen LogP contribution in [0.4, 0.5) is 26.3 Å². The van der Waals surface area contributed by atoms with E-state index in [-0.39, 0.29) is 54.3 Å². The molecule has 0 fully saturated rings. The maximum absolute atomic E-state index is 13.2. The van der Waals surface area contributed by atoms with Crippen LogP contribution in [-0.2, 0) is 12.4 Å². The highest BCUT2D eigenvalue weighted by Gasteiger charge is 2.32. The van der Waals surface area contributed by atoms with Crippen molar-refractivity contribution in [1.82, 2.24) is 9.97 Å². The van der Waals surface area contributed by atoms with Gasteiger partial charge >= 0.3 is 12.4 Å². The summed E-state index contributed by atoms with van der Waals surface area (Å²) in [6.45, 7) is 0. The fourth-order valence-corrected chi connectivity index (χ4v) is 3.97. The summed E-state index contributed by atoms with van der Waals surface area (Å²) < 4.78 is 79.5. The van der Waals surface area contributed by atoms with Crippen LogP contribution in [0.1, 0.15) is 11.1 Å². The van der Waals surface area contributed by atoms with E-state index < -0.39 is 23.5 Å². The van der Waals surface area contributed by atoms with Crippen molar-refractivity contribution < 1.29 is 26.3 Å². The number of benzene rings is 2. The molecule has 34 heavy (non-hydrogen) atoms. The summed E-state index contributed by atoms with van der Waals surface area (Å²) in [5.41, 5.74) is -1.78. The Morgan fingerprint density at radius 2 is 0.971 bits per heavy atom. The molecule has 6 nitrogen and oxygen atoms in total. The standard InChI is InChI=1S/C22H6F6N6/c23-21(24,25)9-1-3-11-13(5-9)15(31-7-29)19-17(11)33-20-16(32-8-30)14-6-10(22(26,27)28)2-4-12(14)18(20)34-19/h1-6H. The van der Waals surface area contributed by atoms with Crippen LogP contribution in [0, 0.1) is 22.9 Å². The summed E-state index contributed by atoms with van der Waals surface area (Å²) in [5, 5.41) is 18.3. The predicted molar refractivity (Wildman–Crippen MR) is 107 cm³/mol. The second-order valence-electron chi connectivity index (χ2n) is 7.26. The number of nitriles is 2. The van der Waals surface area contributed by atoms with E-state index in [1.165, 1.54) is 12.4 Å². The number of halogens is 6. The normalized spacial score (nSPS) is 13.9. The van der Waals surface area contributed by atoms with Crippen molar-refractivity contribution in [1.29, 1.82) is 10.5 Å². The highest BCUT2D eigenvalue weighted by molar-refractivity contribution is 6.14. The lowest BCUT2D eigenvalue weighted by atomic mass is 10.1. The molecule has 0 unspecified atom stereocenters. The number of fused-ring (bicyclic) bond motifs is 6. The second-order valence-corrected chi connectivity index (χ2v) is 7.26. The molecule has 0 aliphatic heterocycles. The minimum Gasteiger partial charge on any atom is -0.241 e. The third-order valence-corrected chi connectivity index (χ3v) is 5.38. The molecule has 0 aliphatic carbocycles. The summed E-state index contributed by atoms with van der Waals surface area (Å²) in [6.07, 6.45) is -6.22. The zero-order valence-electron chi connectivity index (χ0n) is 16.4. The van der Waals surface area contributed by atoms with Gasteiger partial charge in [0, 0.05) is 21.5 Å². The van der Waals surface area contributed by atoms with Crippen molar-refractivity contribution in [3.8, 4) is 12.4 Å². The Bertz CT molecular complexity index is 1720. The topological polar surface area (TPSA) is 98.1 Å². The molecule has 1 heterocycles. The lowest BCUT2D eigenvalue weighted by Gasteiger charge is -2.05. The highest BCUT2D eigenvalue weighted by Crippen LogP contribution is 2.35. The number of hydrogen-bond acceptors (Lipinski definition) is 6. The lowest BCUT2D eigenvalue weighted by molar-refractivity contribution is -0.138. The Balaban J connectivity index is 1.99. The van der Waals surface area contributed by atoms with Gasteiger partial charge in [-0.2, -0.15) is 46.9 Å². The fraction of sp³-hybridized carbons (Fsp3) is 0.0909. The van der Waals surface area contributed by atoms with E-state index >= 15 is 0 Å². The molecule has 4 aromatic carbocycles. The van der Waals surface area contributed by atoms with Crippen LogP contribution in [0.2, 0.25) is 0 Å². The average Bonchev–Trinajstić information content (AvgIpc) is 3.24. The van der Waals surface area contributed by atoms with Crippen LogP contribution >= 0.6 is 0 Å². The lowest BCUT2D eigenvalue weighted by Crippen LogP contribution is -2.06. The number of nitrogens with zero attached hydrogens (tertiary/aromatic N) is 6. The Kier molecular flexibility index (Phi) is 4.35. The van der Waals surface area contributed by atoms with E-state index in [9.17, 15) is 26.3 Å². The molecule has 0 bridgehead atoms. The first-order valence-electron chi connectivity index (χ1n) is 9.35. The van der Waals surface area contributed by atoms with Crippen LogP contribution < -0.4 is 10.7 Å². The van der Waals surface area contributed by atoms with Crippen molar-refractivity contribution in [2.75, 3.05) is 0 Å². The van der Waals surface area contributed by atoms with Gasteiger partial charge < -0.3 is 0 Å². The molecule has 0 amide bonds. The summed E-state index contributed by atoms with van der Waals surface area (Å²) in [6, 6.07) is 5.64. The van der Waals surface area contributed by atoms with Gasteiger partial charge in [0.15, 0.2) is 0 Å². The van der Waals surface area contributed by atoms with Gasteiger partial charge in [0.1, 0.15) is 21.7 Å². The van der Waals surface area contributed by atoms with Gasteiger partial charge in [-0.05, 0) is 24.3 Å². The van der Waals surface area contributed by atoms with Crippen LogP contribution in [0.15, 0.2) is 46.4 Å². The molecule has 1 aromatic heterocycles. The van der Waals surface area contributed by atoms with Crippen molar-refractivity contribution in [2.24, 2.45) is 9.98 Å². The zero-order valence-corrected chi connectivity index (χ0v) is 16.4. The van der Waals surface area contributed by atoms with E-state index in [2.05, 4.69) is 20.0 Å². The average molecular weight is 468 g/mol. The molecule has 0 atom stereocenters. The van der Waals surface area contributed by atoms with E-state index in [0.717, 1.165) is 36.4 Å². The maximum Gasteiger partial charge on any atom is 0.416 e. The summed E-state index contributed by atoms with van der Waals surface area (Å²) in [4.78, 5) is 16.1. The van der Waals surface area contributed by atoms with Gasteiger partial charge in [0.25, 0.3) is 0 Å². The molecular formula is C22H6F6N6. The van der Waals surface area contributed by atoms with Crippen molar-refractivity contribution >= 4 is 43.6 Å². The van der Waals surface area contributed by atoms with E-state index in [4.69, 9.17) is 10.5 Å². The fourth-order valence-electron chi connectivity index (χ4n) is 3.97. The molecule has 12 heteroatoms. The Labute approximate surface area is 184 Å².